The van der Waals surface area contributed by atoms with Gasteiger partial charge in [0.15, 0.2) is 5.82 Å². The molecule has 1 atom stereocenters. The fourth-order valence-corrected chi connectivity index (χ4v) is 6.24. The number of fused-ring (bicyclic) bond motifs is 1. The van der Waals surface area contributed by atoms with Crippen LogP contribution in [0.3, 0.4) is 0 Å². The number of pyridine rings is 1. The third-order valence-electron chi connectivity index (χ3n) is 8.43. The molecule has 1 aliphatic heterocycles. The van der Waals surface area contributed by atoms with E-state index < -0.39 is 0 Å². The maximum atomic E-state index is 13.6. The van der Waals surface area contributed by atoms with Crippen molar-refractivity contribution in [2.45, 2.75) is 57.7 Å². The van der Waals surface area contributed by atoms with Crippen molar-refractivity contribution in [1.82, 2.24) is 35.0 Å². The van der Waals surface area contributed by atoms with E-state index in [1.54, 1.807) is 7.11 Å². The number of piperazine rings is 1. The monoisotopic (exact) mass is 527 g/mol. The number of aryl methyl sites for hydroxylation is 1. The molecule has 0 amide bonds. The van der Waals surface area contributed by atoms with Gasteiger partial charge in [-0.15, -0.1) is 5.10 Å². The van der Waals surface area contributed by atoms with Gasteiger partial charge in [0.2, 0.25) is 0 Å². The fourth-order valence-electron chi connectivity index (χ4n) is 6.24. The van der Waals surface area contributed by atoms with E-state index in [1.165, 1.54) is 24.0 Å². The second-order valence-corrected chi connectivity index (χ2v) is 10.8. The zero-order valence-corrected chi connectivity index (χ0v) is 22.8. The quantitative estimate of drug-likeness (QED) is 0.369. The molecule has 9 heteroatoms. The highest BCUT2D eigenvalue weighted by Gasteiger charge is 2.34. The minimum absolute atomic E-state index is 0.0748. The van der Waals surface area contributed by atoms with Gasteiger partial charge in [-0.1, -0.05) is 44.0 Å². The molecule has 2 aromatic carbocycles. The summed E-state index contributed by atoms with van der Waals surface area (Å²) in [6.45, 7) is 6.36. The molecule has 2 aliphatic rings. The zero-order valence-electron chi connectivity index (χ0n) is 22.8. The summed E-state index contributed by atoms with van der Waals surface area (Å²) in [5.41, 5.74) is 3.93. The van der Waals surface area contributed by atoms with Crippen molar-refractivity contribution in [2.24, 2.45) is 0 Å². The Bertz CT molecular complexity index is 1480. The first-order chi connectivity index (χ1) is 19.1. The first kappa shape index (κ1) is 25.7. The maximum absolute atomic E-state index is 13.6. The summed E-state index contributed by atoms with van der Waals surface area (Å²) in [5.74, 6) is 1.69. The molecule has 1 saturated carbocycles. The minimum Gasteiger partial charge on any atom is -0.496 e. The van der Waals surface area contributed by atoms with Crippen molar-refractivity contribution in [2.75, 3.05) is 33.3 Å². The Hall–Kier alpha value is -3.56. The van der Waals surface area contributed by atoms with Crippen LogP contribution in [0.25, 0.3) is 10.9 Å². The van der Waals surface area contributed by atoms with E-state index in [4.69, 9.17) is 4.74 Å². The van der Waals surface area contributed by atoms with Crippen molar-refractivity contribution >= 4 is 10.9 Å². The number of tetrazole rings is 1. The summed E-state index contributed by atoms with van der Waals surface area (Å²) in [7, 11) is 1.72. The van der Waals surface area contributed by atoms with Crippen LogP contribution in [0.15, 0.2) is 53.3 Å². The molecule has 0 bridgehead atoms. The van der Waals surface area contributed by atoms with E-state index in [9.17, 15) is 4.79 Å². The minimum atomic E-state index is -0.313. The highest BCUT2D eigenvalue weighted by atomic mass is 16.5. The van der Waals surface area contributed by atoms with Gasteiger partial charge in [-0.3, -0.25) is 14.6 Å². The molecular weight excluding hydrogens is 490 g/mol. The van der Waals surface area contributed by atoms with E-state index in [0.717, 1.165) is 74.5 Å². The van der Waals surface area contributed by atoms with Gasteiger partial charge in [0.25, 0.3) is 5.56 Å². The van der Waals surface area contributed by atoms with Crippen LogP contribution in [0.2, 0.25) is 0 Å². The number of hydrogen-bond acceptors (Lipinski definition) is 7. The van der Waals surface area contributed by atoms with Gasteiger partial charge in [-0.25, -0.2) is 4.68 Å². The Labute approximate surface area is 228 Å². The Kier molecular flexibility index (Phi) is 7.43. The summed E-state index contributed by atoms with van der Waals surface area (Å²) < 4.78 is 7.58. The van der Waals surface area contributed by atoms with E-state index in [2.05, 4.69) is 67.6 Å². The van der Waals surface area contributed by atoms with E-state index in [-0.39, 0.29) is 17.6 Å². The summed E-state index contributed by atoms with van der Waals surface area (Å²) in [4.78, 5) is 21.6. The lowest BCUT2D eigenvalue weighted by molar-refractivity contribution is 0.0983. The van der Waals surface area contributed by atoms with Crippen LogP contribution in [0.1, 0.15) is 67.2 Å². The molecule has 204 valence electrons. The molecule has 9 nitrogen and oxygen atoms in total. The second kappa shape index (κ2) is 11.3. The normalized spacial score (nSPS) is 18.1. The number of methoxy groups -OCH3 is 1. The van der Waals surface area contributed by atoms with Gasteiger partial charge in [-0.2, -0.15) is 0 Å². The molecule has 1 unspecified atom stereocenters. The summed E-state index contributed by atoms with van der Waals surface area (Å²) >= 11 is 0. The Morgan fingerprint density at radius 3 is 2.62 bits per heavy atom. The Morgan fingerprint density at radius 2 is 1.85 bits per heavy atom. The highest BCUT2D eigenvalue weighted by Crippen LogP contribution is 2.34. The van der Waals surface area contributed by atoms with Crippen LogP contribution in [0.5, 0.6) is 5.75 Å². The predicted molar refractivity (Wildman–Crippen MR) is 151 cm³/mol. The summed E-state index contributed by atoms with van der Waals surface area (Å²) in [6, 6.07) is 16.5. The largest absolute Gasteiger partial charge is 0.496 e. The number of hydrogen-bond donors (Lipinski definition) is 1. The average molecular weight is 528 g/mol. The lowest BCUT2D eigenvalue weighted by Gasteiger charge is -2.39. The molecule has 2 fully saturated rings. The van der Waals surface area contributed by atoms with Gasteiger partial charge in [-0.05, 0) is 64.9 Å². The summed E-state index contributed by atoms with van der Waals surface area (Å²) in [6.07, 6.45) is 5.47. The van der Waals surface area contributed by atoms with Crippen LogP contribution < -0.4 is 10.3 Å². The second-order valence-electron chi connectivity index (χ2n) is 10.8. The summed E-state index contributed by atoms with van der Waals surface area (Å²) in [5, 5.41) is 14.2. The van der Waals surface area contributed by atoms with Crippen molar-refractivity contribution in [3.05, 3.63) is 81.4 Å². The first-order valence-corrected chi connectivity index (χ1v) is 14.2. The molecular formula is C30H37N7O2. The van der Waals surface area contributed by atoms with Gasteiger partial charge < -0.3 is 9.72 Å². The number of benzene rings is 2. The zero-order chi connectivity index (χ0) is 26.8. The van der Waals surface area contributed by atoms with Gasteiger partial charge in [0, 0.05) is 49.4 Å². The molecule has 39 heavy (non-hydrogen) atoms. The number of rotatable bonds is 8. The Morgan fingerprint density at radius 1 is 1.05 bits per heavy atom. The molecule has 6 rings (SSSR count). The molecule has 1 aliphatic carbocycles. The number of H-pyrrole nitrogens is 1. The molecule has 3 heterocycles. The molecule has 1 N–H and O–H groups in total. The Balaban J connectivity index is 1.34. The van der Waals surface area contributed by atoms with Gasteiger partial charge in [0.1, 0.15) is 11.8 Å². The van der Waals surface area contributed by atoms with Crippen LogP contribution in [-0.4, -0.2) is 68.3 Å². The highest BCUT2D eigenvalue weighted by molar-refractivity contribution is 5.80. The SMILES string of the molecule is CCc1ccc2[nH]c(=O)c(C(c3nnnn3C3CCCC3)N3CCN(Cc4ccccc4OC)CC3)cc2c1. The van der Waals surface area contributed by atoms with Crippen molar-refractivity contribution < 1.29 is 4.74 Å². The molecule has 0 radical (unpaired) electrons. The predicted octanol–water partition coefficient (Wildman–Crippen LogP) is 4.11. The van der Waals surface area contributed by atoms with Crippen molar-refractivity contribution in [1.29, 1.82) is 0 Å². The van der Waals surface area contributed by atoms with Crippen LogP contribution in [0.4, 0.5) is 0 Å². The number of para-hydroxylation sites is 1. The van der Waals surface area contributed by atoms with Crippen LogP contribution in [-0.2, 0) is 13.0 Å². The van der Waals surface area contributed by atoms with Crippen LogP contribution in [0, 0.1) is 0 Å². The van der Waals surface area contributed by atoms with Gasteiger partial charge >= 0.3 is 0 Å². The number of nitrogens with one attached hydrogen (secondary N) is 1. The third kappa shape index (κ3) is 5.21. The number of nitrogens with zero attached hydrogens (tertiary/aromatic N) is 6. The molecule has 4 aromatic rings. The van der Waals surface area contributed by atoms with E-state index in [1.807, 2.05) is 22.9 Å². The standard InChI is InChI=1S/C30H37N7O2/c1-3-21-12-13-26-23(18-21)19-25(30(38)31-26)28(29-32-33-34-37(29)24-9-5-6-10-24)36-16-14-35(15-17-36)20-22-8-4-7-11-27(22)39-2/h4,7-8,11-13,18-19,24,28H,3,5-6,9-10,14-17,20H2,1-2H3,(H,31,38). The number of aromatic nitrogens is 5. The van der Waals surface area contributed by atoms with E-state index in [0.29, 0.717) is 5.56 Å². The fraction of sp³-hybridized carbons (Fsp3) is 0.467. The lowest BCUT2D eigenvalue weighted by atomic mass is 10.0. The first-order valence-electron chi connectivity index (χ1n) is 14.2. The van der Waals surface area contributed by atoms with Crippen LogP contribution >= 0.6 is 0 Å². The van der Waals surface area contributed by atoms with Gasteiger partial charge in [0.05, 0.1) is 13.2 Å². The van der Waals surface area contributed by atoms with Crippen molar-refractivity contribution in [3.63, 3.8) is 0 Å². The van der Waals surface area contributed by atoms with Crippen molar-refractivity contribution in [3.8, 4) is 5.75 Å². The lowest BCUT2D eigenvalue weighted by Crippen LogP contribution is -2.48. The molecule has 1 saturated heterocycles. The third-order valence-corrected chi connectivity index (χ3v) is 8.43. The maximum Gasteiger partial charge on any atom is 0.253 e. The average Bonchev–Trinajstić information content (AvgIpc) is 3.67. The topological polar surface area (TPSA) is 92.2 Å². The number of ether oxygens (including phenoxy) is 1. The smallest absolute Gasteiger partial charge is 0.253 e. The number of aromatic amines is 1. The molecule has 2 aromatic heterocycles. The van der Waals surface area contributed by atoms with E-state index >= 15 is 0 Å². The molecule has 0 spiro atoms.